The molecule has 3 rings (SSSR count). The van der Waals surface area contributed by atoms with Gasteiger partial charge in [0.2, 0.25) is 11.7 Å². The number of nitrogens with one attached hydrogen (secondary N) is 1. The maximum atomic E-state index is 12.3. The van der Waals surface area contributed by atoms with Crippen LogP contribution < -0.4 is 10.1 Å². The van der Waals surface area contributed by atoms with Gasteiger partial charge in [-0.2, -0.15) is 4.98 Å². The molecule has 1 unspecified atom stereocenters. The molecule has 0 radical (unpaired) electrons. The lowest BCUT2D eigenvalue weighted by molar-refractivity contribution is -0.127. The van der Waals surface area contributed by atoms with Gasteiger partial charge in [-0.1, -0.05) is 45.4 Å². The number of rotatable bonds is 6. The summed E-state index contributed by atoms with van der Waals surface area (Å²) in [4.78, 5) is 16.6. The molecule has 140 valence electrons. The molecule has 0 spiro atoms. The zero-order valence-corrected chi connectivity index (χ0v) is 16.9. The highest BCUT2D eigenvalue weighted by Crippen LogP contribution is 2.22. The molecule has 1 amide bonds. The normalized spacial score (nSPS) is 11.9. The average molecular weight is 430 g/mol. The van der Waals surface area contributed by atoms with E-state index in [9.17, 15) is 4.79 Å². The number of amides is 1. The number of ether oxygens (including phenoxy) is 1. The SMILES string of the molecule is Cc1cccc(OC(C)C(=O)NCc2nc(-c3cccc(Br)c3)no2)c1C. The molecule has 0 fully saturated rings. The van der Waals surface area contributed by atoms with Crippen LogP contribution in [0.15, 0.2) is 51.5 Å². The summed E-state index contributed by atoms with van der Waals surface area (Å²) < 4.78 is 11.9. The predicted molar refractivity (Wildman–Crippen MR) is 105 cm³/mol. The molecule has 3 aromatic rings. The van der Waals surface area contributed by atoms with Crippen molar-refractivity contribution in [1.29, 1.82) is 0 Å². The van der Waals surface area contributed by atoms with Crippen molar-refractivity contribution in [3.8, 4) is 17.1 Å². The summed E-state index contributed by atoms with van der Waals surface area (Å²) in [5.74, 6) is 1.25. The largest absolute Gasteiger partial charge is 0.481 e. The lowest BCUT2D eigenvalue weighted by atomic mass is 10.1. The Balaban J connectivity index is 1.58. The van der Waals surface area contributed by atoms with Crippen LogP contribution in [0.5, 0.6) is 5.75 Å². The van der Waals surface area contributed by atoms with Gasteiger partial charge >= 0.3 is 0 Å². The zero-order valence-electron chi connectivity index (χ0n) is 15.3. The first-order chi connectivity index (χ1) is 12.9. The molecule has 27 heavy (non-hydrogen) atoms. The molecule has 0 bridgehead atoms. The van der Waals surface area contributed by atoms with Crippen LogP contribution in [-0.2, 0) is 11.3 Å². The van der Waals surface area contributed by atoms with E-state index in [2.05, 4.69) is 31.4 Å². The quantitative estimate of drug-likeness (QED) is 0.635. The van der Waals surface area contributed by atoms with Crippen molar-refractivity contribution >= 4 is 21.8 Å². The van der Waals surface area contributed by atoms with Crippen LogP contribution in [0.3, 0.4) is 0 Å². The minimum absolute atomic E-state index is 0.139. The van der Waals surface area contributed by atoms with E-state index in [4.69, 9.17) is 9.26 Å². The third-order valence-corrected chi connectivity index (χ3v) is 4.69. The van der Waals surface area contributed by atoms with E-state index in [1.165, 1.54) is 0 Å². The van der Waals surface area contributed by atoms with Crippen molar-refractivity contribution in [2.45, 2.75) is 33.4 Å². The monoisotopic (exact) mass is 429 g/mol. The first-order valence-electron chi connectivity index (χ1n) is 8.53. The molecule has 1 atom stereocenters. The van der Waals surface area contributed by atoms with E-state index >= 15 is 0 Å². The van der Waals surface area contributed by atoms with E-state index < -0.39 is 6.10 Å². The zero-order chi connectivity index (χ0) is 19.4. The Bertz CT molecular complexity index is 955. The second-order valence-electron chi connectivity index (χ2n) is 6.20. The Morgan fingerprint density at radius 3 is 2.81 bits per heavy atom. The number of halogens is 1. The molecule has 7 heteroatoms. The number of aromatic nitrogens is 2. The molecule has 0 aliphatic carbocycles. The van der Waals surface area contributed by atoms with Gasteiger partial charge in [0.1, 0.15) is 5.75 Å². The van der Waals surface area contributed by atoms with Gasteiger partial charge in [0.05, 0.1) is 6.54 Å². The van der Waals surface area contributed by atoms with E-state index in [0.717, 1.165) is 21.2 Å². The predicted octanol–water partition coefficient (Wildman–Crippen LogP) is 4.20. The molecule has 0 saturated carbocycles. The Hall–Kier alpha value is -2.67. The van der Waals surface area contributed by atoms with Crippen LogP contribution in [0.1, 0.15) is 23.9 Å². The van der Waals surface area contributed by atoms with E-state index in [0.29, 0.717) is 17.5 Å². The fourth-order valence-electron chi connectivity index (χ4n) is 2.47. The van der Waals surface area contributed by atoms with Crippen molar-refractivity contribution < 1.29 is 14.1 Å². The van der Waals surface area contributed by atoms with Crippen LogP contribution in [0, 0.1) is 13.8 Å². The number of carbonyl (C=O) groups is 1. The molecular formula is C20H20BrN3O3. The fourth-order valence-corrected chi connectivity index (χ4v) is 2.87. The van der Waals surface area contributed by atoms with Gasteiger partial charge in [-0.15, -0.1) is 0 Å². The maximum absolute atomic E-state index is 12.3. The first kappa shape index (κ1) is 19.1. The number of benzene rings is 2. The second kappa shape index (κ2) is 8.35. The summed E-state index contributed by atoms with van der Waals surface area (Å²) in [6, 6.07) is 13.4. The van der Waals surface area contributed by atoms with Crippen molar-refractivity contribution in [2.24, 2.45) is 0 Å². The molecule has 1 heterocycles. The number of aryl methyl sites for hydroxylation is 1. The van der Waals surface area contributed by atoms with Gasteiger partial charge in [0.15, 0.2) is 6.10 Å². The molecule has 2 aromatic carbocycles. The first-order valence-corrected chi connectivity index (χ1v) is 9.32. The highest BCUT2D eigenvalue weighted by molar-refractivity contribution is 9.10. The summed E-state index contributed by atoms with van der Waals surface area (Å²) in [5.41, 5.74) is 2.97. The highest BCUT2D eigenvalue weighted by atomic mass is 79.9. The minimum Gasteiger partial charge on any atom is -0.481 e. The Kier molecular flexibility index (Phi) is 5.91. The summed E-state index contributed by atoms with van der Waals surface area (Å²) in [5, 5.41) is 6.71. The van der Waals surface area contributed by atoms with Crippen LogP contribution in [-0.4, -0.2) is 22.2 Å². The highest BCUT2D eigenvalue weighted by Gasteiger charge is 2.17. The summed E-state index contributed by atoms with van der Waals surface area (Å²) >= 11 is 3.41. The maximum Gasteiger partial charge on any atom is 0.261 e. The van der Waals surface area contributed by atoms with Crippen LogP contribution >= 0.6 is 15.9 Å². The Labute approximate surface area is 166 Å². The molecule has 6 nitrogen and oxygen atoms in total. The van der Waals surface area contributed by atoms with Crippen molar-refractivity contribution in [2.75, 3.05) is 0 Å². The van der Waals surface area contributed by atoms with E-state index in [1.54, 1.807) is 6.92 Å². The van der Waals surface area contributed by atoms with Gasteiger partial charge in [-0.25, -0.2) is 0 Å². The van der Waals surface area contributed by atoms with Gasteiger partial charge in [0.25, 0.3) is 5.91 Å². The van der Waals surface area contributed by atoms with Crippen LogP contribution in [0.25, 0.3) is 11.4 Å². The minimum atomic E-state index is -0.641. The van der Waals surface area contributed by atoms with Crippen LogP contribution in [0.4, 0.5) is 0 Å². The van der Waals surface area contributed by atoms with Gasteiger partial charge in [0, 0.05) is 10.0 Å². The van der Waals surface area contributed by atoms with E-state index in [-0.39, 0.29) is 12.5 Å². The third kappa shape index (κ3) is 4.74. The molecule has 1 N–H and O–H groups in total. The summed E-state index contributed by atoms with van der Waals surface area (Å²) in [6.07, 6.45) is -0.641. The van der Waals surface area contributed by atoms with Gasteiger partial charge < -0.3 is 14.6 Å². The number of carbonyl (C=O) groups excluding carboxylic acids is 1. The van der Waals surface area contributed by atoms with Gasteiger partial charge in [-0.3, -0.25) is 4.79 Å². The topological polar surface area (TPSA) is 77.2 Å². The smallest absolute Gasteiger partial charge is 0.261 e. The van der Waals surface area contributed by atoms with Gasteiger partial charge in [-0.05, 0) is 50.1 Å². The fraction of sp³-hybridized carbons (Fsp3) is 0.250. The molecule has 1 aromatic heterocycles. The molecule has 0 aliphatic heterocycles. The second-order valence-corrected chi connectivity index (χ2v) is 7.11. The molecule has 0 aliphatic rings. The number of hydrogen-bond donors (Lipinski definition) is 1. The van der Waals surface area contributed by atoms with Crippen molar-refractivity contribution in [3.63, 3.8) is 0 Å². The summed E-state index contributed by atoms with van der Waals surface area (Å²) in [7, 11) is 0. The van der Waals surface area contributed by atoms with Crippen molar-refractivity contribution in [3.05, 3.63) is 64.0 Å². The molecule has 0 saturated heterocycles. The van der Waals surface area contributed by atoms with Crippen molar-refractivity contribution in [1.82, 2.24) is 15.5 Å². The van der Waals surface area contributed by atoms with Crippen LogP contribution in [0.2, 0.25) is 0 Å². The lowest BCUT2D eigenvalue weighted by Crippen LogP contribution is -2.36. The Morgan fingerprint density at radius 2 is 2.04 bits per heavy atom. The summed E-state index contributed by atoms with van der Waals surface area (Å²) in [6.45, 7) is 5.82. The standard InChI is InChI=1S/C20H20BrN3O3/c1-12-6-4-9-17(13(12)2)26-14(3)20(25)22-11-18-23-19(24-27-18)15-7-5-8-16(21)10-15/h4-10,14H,11H2,1-3H3,(H,22,25). The molecular weight excluding hydrogens is 410 g/mol. The number of nitrogens with zero attached hydrogens (tertiary/aromatic N) is 2. The average Bonchev–Trinajstić information content (AvgIpc) is 3.12. The lowest BCUT2D eigenvalue weighted by Gasteiger charge is -2.16. The third-order valence-electron chi connectivity index (χ3n) is 4.19. The van der Waals surface area contributed by atoms with E-state index in [1.807, 2.05) is 56.3 Å². The number of hydrogen-bond acceptors (Lipinski definition) is 5. The Morgan fingerprint density at radius 1 is 1.26 bits per heavy atom.